The van der Waals surface area contributed by atoms with Gasteiger partial charge in [-0.15, -0.1) is 0 Å². The van der Waals surface area contributed by atoms with Crippen molar-refractivity contribution in [2.75, 3.05) is 34.3 Å². The maximum atomic E-state index is 13.5. The molecule has 1 aromatic carbocycles. The summed E-state index contributed by atoms with van der Waals surface area (Å²) in [6.07, 6.45) is 5.75. The summed E-state index contributed by atoms with van der Waals surface area (Å²) in [7, 11) is 5.70. The minimum absolute atomic E-state index is 0.0807. The molecular weight excluding hydrogens is 432 g/mol. The number of hydrogen-bond donors (Lipinski definition) is 0. The summed E-state index contributed by atoms with van der Waals surface area (Å²) in [6.45, 7) is 1.37. The van der Waals surface area contributed by atoms with Gasteiger partial charge < -0.3 is 19.0 Å². The van der Waals surface area contributed by atoms with Crippen LogP contribution in [0, 0.1) is 0 Å². The van der Waals surface area contributed by atoms with Crippen molar-refractivity contribution in [1.82, 2.24) is 29.5 Å². The molecule has 1 amide bonds. The molecule has 0 bridgehead atoms. The van der Waals surface area contributed by atoms with Gasteiger partial charge in [0.25, 0.3) is 11.9 Å². The van der Waals surface area contributed by atoms with Gasteiger partial charge in [-0.25, -0.2) is 9.97 Å². The van der Waals surface area contributed by atoms with E-state index in [1.807, 2.05) is 49.3 Å². The smallest absolute Gasteiger partial charge is 0.257 e. The molecule has 5 rings (SSSR count). The number of likely N-dealkylation sites (tertiary alicyclic amines) is 1. The van der Waals surface area contributed by atoms with E-state index < -0.39 is 0 Å². The summed E-state index contributed by atoms with van der Waals surface area (Å²) >= 11 is 0. The molecule has 3 aromatic heterocycles. The molecule has 1 atom stereocenters. The standard InChI is InChI=1S/C25H26N6O3/c1-29(2)17-11-13-30(16-17)24(32)19-15-27-31(23(19)22-9-6-14-34-22)25-26-12-10-20(28-25)18-7-4-5-8-21(18)33-3/h4-10,12,14-15,17H,11,13,16H2,1-3H3/t17-/m1/s1. The Kier molecular flexibility index (Phi) is 5.85. The van der Waals surface area contributed by atoms with E-state index in [2.05, 4.69) is 15.0 Å². The molecule has 0 spiro atoms. The number of nitrogens with zero attached hydrogens (tertiary/aromatic N) is 6. The average molecular weight is 459 g/mol. The maximum absolute atomic E-state index is 13.5. The van der Waals surface area contributed by atoms with Gasteiger partial charge in [0.1, 0.15) is 11.4 Å². The number of rotatable bonds is 6. The molecule has 9 heteroatoms. The molecule has 0 unspecified atom stereocenters. The maximum Gasteiger partial charge on any atom is 0.257 e. The first kappa shape index (κ1) is 21.8. The van der Waals surface area contributed by atoms with Crippen LogP contribution in [0.25, 0.3) is 28.7 Å². The summed E-state index contributed by atoms with van der Waals surface area (Å²) < 4.78 is 12.7. The second-order valence-corrected chi connectivity index (χ2v) is 8.40. The third-order valence-corrected chi connectivity index (χ3v) is 6.15. The van der Waals surface area contributed by atoms with Gasteiger partial charge in [0.15, 0.2) is 5.76 Å². The molecule has 0 radical (unpaired) electrons. The Morgan fingerprint density at radius 1 is 1.18 bits per heavy atom. The summed E-state index contributed by atoms with van der Waals surface area (Å²) in [5, 5.41) is 4.51. The fourth-order valence-corrected chi connectivity index (χ4v) is 4.28. The average Bonchev–Trinajstić information content (AvgIpc) is 3.63. The second-order valence-electron chi connectivity index (χ2n) is 8.40. The second kappa shape index (κ2) is 9.11. The molecule has 0 N–H and O–H groups in total. The SMILES string of the molecule is COc1ccccc1-c1ccnc(-n2ncc(C(=O)N3CC[C@@H](N(C)C)C3)c2-c2ccco2)n1. The van der Waals surface area contributed by atoms with Gasteiger partial charge >= 0.3 is 0 Å². The first-order chi connectivity index (χ1) is 16.6. The third kappa shape index (κ3) is 3.94. The quantitative estimate of drug-likeness (QED) is 0.438. The monoisotopic (exact) mass is 458 g/mol. The molecule has 1 aliphatic heterocycles. The van der Waals surface area contributed by atoms with Crippen LogP contribution in [0.1, 0.15) is 16.8 Å². The molecule has 1 aliphatic rings. The van der Waals surface area contributed by atoms with Crippen LogP contribution >= 0.6 is 0 Å². The highest BCUT2D eigenvalue weighted by atomic mass is 16.5. The summed E-state index contributed by atoms with van der Waals surface area (Å²) in [5.41, 5.74) is 2.51. The van der Waals surface area contributed by atoms with Crippen LogP contribution in [0.15, 0.2) is 65.5 Å². The number of hydrogen-bond acceptors (Lipinski definition) is 7. The third-order valence-electron chi connectivity index (χ3n) is 6.15. The van der Waals surface area contributed by atoms with E-state index in [1.165, 1.54) is 0 Å². The van der Waals surface area contributed by atoms with Gasteiger partial charge in [-0.1, -0.05) is 12.1 Å². The van der Waals surface area contributed by atoms with Crippen molar-refractivity contribution in [1.29, 1.82) is 0 Å². The number of carbonyl (C=O) groups is 1. The number of carbonyl (C=O) groups excluding carboxylic acids is 1. The van der Waals surface area contributed by atoms with Crippen LogP contribution in [0.5, 0.6) is 5.75 Å². The van der Waals surface area contributed by atoms with Crippen LogP contribution in [-0.4, -0.2) is 75.8 Å². The molecule has 9 nitrogen and oxygen atoms in total. The number of aromatic nitrogens is 4. The molecular formula is C25H26N6O3. The van der Waals surface area contributed by atoms with Crippen molar-refractivity contribution < 1.29 is 13.9 Å². The van der Waals surface area contributed by atoms with E-state index in [0.29, 0.717) is 53.5 Å². The number of furan rings is 1. The lowest BCUT2D eigenvalue weighted by molar-refractivity contribution is 0.0783. The fraction of sp³-hybridized carbons (Fsp3) is 0.280. The fourth-order valence-electron chi connectivity index (χ4n) is 4.28. The van der Waals surface area contributed by atoms with Crippen LogP contribution in [0.3, 0.4) is 0 Å². The van der Waals surface area contributed by atoms with Gasteiger partial charge in [0.05, 0.1) is 30.8 Å². The zero-order valence-electron chi connectivity index (χ0n) is 19.4. The van der Waals surface area contributed by atoms with E-state index >= 15 is 0 Å². The zero-order chi connectivity index (χ0) is 23.7. The number of para-hydroxylation sites is 1. The Morgan fingerprint density at radius 3 is 2.76 bits per heavy atom. The Morgan fingerprint density at radius 2 is 2.03 bits per heavy atom. The van der Waals surface area contributed by atoms with Gasteiger partial charge in [-0.05, 0) is 50.8 Å². The van der Waals surface area contributed by atoms with E-state index in [-0.39, 0.29) is 5.91 Å². The molecule has 174 valence electrons. The lowest BCUT2D eigenvalue weighted by atomic mass is 10.1. The topological polar surface area (TPSA) is 89.5 Å². The summed E-state index contributed by atoms with van der Waals surface area (Å²) in [4.78, 5) is 26.7. The van der Waals surface area contributed by atoms with Crippen molar-refractivity contribution in [2.45, 2.75) is 12.5 Å². The largest absolute Gasteiger partial charge is 0.496 e. The molecule has 34 heavy (non-hydrogen) atoms. The minimum atomic E-state index is -0.0807. The Bertz CT molecular complexity index is 1300. The first-order valence-corrected chi connectivity index (χ1v) is 11.1. The van der Waals surface area contributed by atoms with Crippen molar-refractivity contribution in [3.8, 4) is 34.4 Å². The number of methoxy groups -OCH3 is 1. The van der Waals surface area contributed by atoms with Crippen LogP contribution < -0.4 is 4.74 Å². The molecule has 1 fully saturated rings. The zero-order valence-corrected chi connectivity index (χ0v) is 19.4. The van der Waals surface area contributed by atoms with E-state index in [9.17, 15) is 4.79 Å². The van der Waals surface area contributed by atoms with Crippen LogP contribution in [0.4, 0.5) is 0 Å². The Labute approximate surface area is 197 Å². The van der Waals surface area contributed by atoms with Crippen molar-refractivity contribution in [2.24, 2.45) is 0 Å². The predicted molar refractivity (Wildman–Crippen MR) is 127 cm³/mol. The number of ether oxygens (including phenoxy) is 1. The van der Waals surface area contributed by atoms with Crippen molar-refractivity contribution in [3.05, 3.63) is 66.7 Å². The lowest BCUT2D eigenvalue weighted by Crippen LogP contribution is -2.34. The number of likely N-dealkylation sites (N-methyl/N-ethyl adjacent to an activating group) is 1. The molecule has 0 aliphatic carbocycles. The molecule has 1 saturated heterocycles. The van der Waals surface area contributed by atoms with Gasteiger partial charge in [0.2, 0.25) is 0 Å². The normalized spacial score (nSPS) is 15.8. The Balaban J connectivity index is 1.56. The number of amides is 1. The van der Waals surface area contributed by atoms with Crippen molar-refractivity contribution in [3.63, 3.8) is 0 Å². The molecule has 0 saturated carbocycles. The van der Waals surface area contributed by atoms with Crippen molar-refractivity contribution >= 4 is 5.91 Å². The highest BCUT2D eigenvalue weighted by Gasteiger charge is 2.32. The van der Waals surface area contributed by atoms with Gasteiger partial charge in [0, 0.05) is 30.9 Å². The first-order valence-electron chi connectivity index (χ1n) is 11.1. The predicted octanol–water partition coefficient (Wildman–Crippen LogP) is 3.37. The van der Waals surface area contributed by atoms with Crippen LogP contribution in [-0.2, 0) is 0 Å². The van der Waals surface area contributed by atoms with Crippen LogP contribution in [0.2, 0.25) is 0 Å². The summed E-state index contributed by atoms with van der Waals surface area (Å²) in [6, 6.07) is 13.4. The van der Waals surface area contributed by atoms with E-state index in [4.69, 9.17) is 14.1 Å². The minimum Gasteiger partial charge on any atom is -0.496 e. The van der Waals surface area contributed by atoms with E-state index in [1.54, 1.807) is 42.6 Å². The highest BCUT2D eigenvalue weighted by molar-refractivity contribution is 5.99. The van der Waals surface area contributed by atoms with E-state index in [0.717, 1.165) is 12.0 Å². The summed E-state index contributed by atoms with van der Waals surface area (Å²) in [5.74, 6) is 1.49. The Hall–Kier alpha value is -3.98. The highest BCUT2D eigenvalue weighted by Crippen LogP contribution is 2.31. The lowest BCUT2D eigenvalue weighted by Gasteiger charge is -2.20. The van der Waals surface area contributed by atoms with Gasteiger partial charge in [-0.3, -0.25) is 4.79 Å². The number of benzene rings is 1. The van der Waals surface area contributed by atoms with Gasteiger partial charge in [-0.2, -0.15) is 9.78 Å². The molecule has 4 heterocycles. The molecule has 4 aromatic rings.